The molecule has 4 heterocycles. The normalized spacial score (nSPS) is 29.2. The molecule has 1 unspecified atom stereocenters. The Morgan fingerprint density at radius 2 is 2.21 bits per heavy atom. The number of nitrogens with one attached hydrogen (secondary N) is 1. The molecule has 0 saturated carbocycles. The Labute approximate surface area is 112 Å². The molecule has 0 amide bonds. The van der Waals surface area contributed by atoms with Gasteiger partial charge in [-0.2, -0.15) is 0 Å². The summed E-state index contributed by atoms with van der Waals surface area (Å²) in [6.07, 6.45) is 4.07. The zero-order chi connectivity index (χ0) is 13.4. The van der Waals surface area contributed by atoms with E-state index in [2.05, 4.69) is 15.2 Å². The number of aromatic carboxylic acids is 1. The lowest BCUT2D eigenvalue weighted by atomic mass is 9.84. The second-order valence-corrected chi connectivity index (χ2v) is 5.55. The zero-order valence-corrected chi connectivity index (χ0v) is 11.1. The molecule has 0 aromatic carbocycles. The van der Waals surface area contributed by atoms with Crippen LogP contribution in [0.2, 0.25) is 0 Å². The number of carboxylic acid groups (broad SMARTS) is 1. The number of piperidine rings is 3. The Hall–Kier alpha value is -1.62. The third kappa shape index (κ3) is 2.30. The van der Waals surface area contributed by atoms with Gasteiger partial charge < -0.3 is 15.3 Å². The fraction of sp³-hybridized carbons (Fsp3) is 0.571. The molecule has 3 fully saturated rings. The molecular formula is C14H19N3O2. The SMILES string of the molecule is Cc1ccnc(NC2CN3CCC2CC3)c1C(=O)O. The van der Waals surface area contributed by atoms with Gasteiger partial charge in [0.05, 0.1) is 0 Å². The van der Waals surface area contributed by atoms with E-state index in [9.17, 15) is 9.90 Å². The van der Waals surface area contributed by atoms with Crippen molar-refractivity contribution in [3.05, 3.63) is 23.4 Å². The van der Waals surface area contributed by atoms with Crippen LogP contribution in [0.4, 0.5) is 5.82 Å². The van der Waals surface area contributed by atoms with Gasteiger partial charge >= 0.3 is 5.97 Å². The molecule has 5 heteroatoms. The van der Waals surface area contributed by atoms with Crippen molar-refractivity contribution in [1.29, 1.82) is 0 Å². The second kappa shape index (κ2) is 4.81. The van der Waals surface area contributed by atoms with Crippen molar-refractivity contribution in [1.82, 2.24) is 9.88 Å². The number of rotatable bonds is 3. The number of hydrogen-bond donors (Lipinski definition) is 2. The molecule has 1 atom stereocenters. The van der Waals surface area contributed by atoms with E-state index in [0.29, 0.717) is 23.3 Å². The van der Waals surface area contributed by atoms with Crippen LogP contribution >= 0.6 is 0 Å². The van der Waals surface area contributed by atoms with E-state index in [-0.39, 0.29) is 0 Å². The Bertz CT molecular complexity index is 495. The molecule has 1 aromatic rings. The Morgan fingerprint density at radius 3 is 2.79 bits per heavy atom. The quantitative estimate of drug-likeness (QED) is 0.865. The van der Waals surface area contributed by atoms with Crippen LogP contribution in [0.25, 0.3) is 0 Å². The largest absolute Gasteiger partial charge is 0.478 e. The Morgan fingerprint density at radius 1 is 1.47 bits per heavy atom. The predicted octanol–water partition coefficient (Wildman–Crippen LogP) is 1.59. The lowest BCUT2D eigenvalue weighted by Gasteiger charge is -2.45. The van der Waals surface area contributed by atoms with Gasteiger partial charge in [0.25, 0.3) is 0 Å². The molecule has 0 spiro atoms. The van der Waals surface area contributed by atoms with E-state index in [4.69, 9.17) is 0 Å². The maximum absolute atomic E-state index is 11.4. The van der Waals surface area contributed by atoms with Gasteiger partial charge in [-0.25, -0.2) is 9.78 Å². The number of carboxylic acids is 1. The Balaban J connectivity index is 1.84. The molecule has 102 valence electrons. The number of pyridine rings is 1. The summed E-state index contributed by atoms with van der Waals surface area (Å²) < 4.78 is 0. The van der Waals surface area contributed by atoms with Gasteiger partial charge in [0.1, 0.15) is 11.4 Å². The van der Waals surface area contributed by atoms with E-state index < -0.39 is 5.97 Å². The molecular weight excluding hydrogens is 242 g/mol. The zero-order valence-electron chi connectivity index (χ0n) is 11.1. The summed E-state index contributed by atoms with van der Waals surface area (Å²) in [6, 6.07) is 2.07. The van der Waals surface area contributed by atoms with Crippen LogP contribution in [0.3, 0.4) is 0 Å². The van der Waals surface area contributed by atoms with Crippen molar-refractivity contribution in [2.45, 2.75) is 25.8 Å². The molecule has 3 aliphatic heterocycles. The first-order valence-electron chi connectivity index (χ1n) is 6.83. The first-order valence-corrected chi connectivity index (χ1v) is 6.83. The summed E-state index contributed by atoms with van der Waals surface area (Å²) in [5.74, 6) is 0.259. The monoisotopic (exact) mass is 261 g/mol. The minimum Gasteiger partial charge on any atom is -0.478 e. The van der Waals surface area contributed by atoms with E-state index in [1.165, 1.54) is 25.9 Å². The van der Waals surface area contributed by atoms with Crippen molar-refractivity contribution in [3.63, 3.8) is 0 Å². The average molecular weight is 261 g/mol. The van der Waals surface area contributed by atoms with Crippen LogP contribution < -0.4 is 5.32 Å². The van der Waals surface area contributed by atoms with Gasteiger partial charge in [-0.15, -0.1) is 0 Å². The first kappa shape index (κ1) is 12.4. The summed E-state index contributed by atoms with van der Waals surface area (Å²) in [5.41, 5.74) is 1.06. The molecule has 1 aromatic heterocycles. The summed E-state index contributed by atoms with van der Waals surface area (Å²) in [5, 5.41) is 12.7. The van der Waals surface area contributed by atoms with Crippen LogP contribution in [0.1, 0.15) is 28.8 Å². The summed E-state index contributed by atoms with van der Waals surface area (Å²) in [7, 11) is 0. The molecule has 0 radical (unpaired) electrons. The summed E-state index contributed by atoms with van der Waals surface area (Å²) in [6.45, 7) is 5.16. The van der Waals surface area contributed by atoms with Crippen molar-refractivity contribution in [2.75, 3.05) is 25.0 Å². The van der Waals surface area contributed by atoms with Gasteiger partial charge in [0.2, 0.25) is 0 Å². The minimum absolute atomic E-state index is 0.305. The van der Waals surface area contributed by atoms with E-state index in [1.54, 1.807) is 12.3 Å². The third-order valence-electron chi connectivity index (χ3n) is 4.35. The smallest absolute Gasteiger partial charge is 0.339 e. The predicted molar refractivity (Wildman–Crippen MR) is 72.5 cm³/mol. The third-order valence-corrected chi connectivity index (χ3v) is 4.35. The van der Waals surface area contributed by atoms with Crippen LogP contribution in [-0.4, -0.2) is 46.6 Å². The lowest BCUT2D eigenvalue weighted by Crippen LogP contribution is -2.53. The van der Waals surface area contributed by atoms with Gasteiger partial charge in [-0.05, 0) is 50.4 Å². The lowest BCUT2D eigenvalue weighted by molar-refractivity contribution is 0.0695. The molecule has 0 aliphatic carbocycles. The summed E-state index contributed by atoms with van der Waals surface area (Å²) >= 11 is 0. The summed E-state index contributed by atoms with van der Waals surface area (Å²) in [4.78, 5) is 18.0. The Kier molecular flexibility index (Phi) is 3.14. The van der Waals surface area contributed by atoms with Crippen LogP contribution in [0.5, 0.6) is 0 Å². The first-order chi connectivity index (χ1) is 9.15. The van der Waals surface area contributed by atoms with E-state index in [0.717, 1.165) is 12.1 Å². The van der Waals surface area contributed by atoms with Crippen molar-refractivity contribution < 1.29 is 9.90 Å². The highest BCUT2D eigenvalue weighted by Gasteiger charge is 2.34. The second-order valence-electron chi connectivity index (χ2n) is 5.55. The van der Waals surface area contributed by atoms with Crippen LogP contribution in [0, 0.1) is 12.8 Å². The standard InChI is InChI=1S/C14H19N3O2/c1-9-2-5-15-13(12(9)14(18)19)16-11-8-17-6-3-10(11)4-7-17/h2,5,10-11H,3-4,6-8H2,1H3,(H,15,16)(H,18,19). The van der Waals surface area contributed by atoms with Gasteiger partial charge in [-0.1, -0.05) is 0 Å². The average Bonchev–Trinajstić information content (AvgIpc) is 2.39. The fourth-order valence-corrected chi connectivity index (χ4v) is 3.24. The number of aromatic nitrogens is 1. The van der Waals surface area contributed by atoms with Gasteiger partial charge in [0.15, 0.2) is 0 Å². The number of fused-ring (bicyclic) bond motifs is 3. The molecule has 3 aliphatic rings. The number of hydrogen-bond acceptors (Lipinski definition) is 4. The van der Waals surface area contributed by atoms with E-state index in [1.807, 2.05) is 6.92 Å². The highest BCUT2D eigenvalue weighted by molar-refractivity contribution is 5.94. The molecule has 2 N–H and O–H groups in total. The number of carbonyl (C=O) groups is 1. The van der Waals surface area contributed by atoms with Gasteiger partial charge in [-0.3, -0.25) is 0 Å². The molecule has 5 nitrogen and oxygen atoms in total. The number of nitrogens with zero attached hydrogens (tertiary/aromatic N) is 2. The van der Waals surface area contributed by atoms with Crippen LogP contribution in [0.15, 0.2) is 12.3 Å². The number of aryl methyl sites for hydroxylation is 1. The van der Waals surface area contributed by atoms with Crippen LogP contribution in [-0.2, 0) is 0 Å². The van der Waals surface area contributed by atoms with Crippen molar-refractivity contribution >= 4 is 11.8 Å². The topological polar surface area (TPSA) is 65.5 Å². The van der Waals surface area contributed by atoms with Gasteiger partial charge in [0, 0.05) is 18.8 Å². The molecule has 19 heavy (non-hydrogen) atoms. The molecule has 2 bridgehead atoms. The maximum Gasteiger partial charge on any atom is 0.339 e. The van der Waals surface area contributed by atoms with Crippen molar-refractivity contribution in [2.24, 2.45) is 5.92 Å². The highest BCUT2D eigenvalue weighted by atomic mass is 16.4. The molecule has 3 saturated heterocycles. The molecule has 4 rings (SSSR count). The highest BCUT2D eigenvalue weighted by Crippen LogP contribution is 2.30. The number of anilines is 1. The minimum atomic E-state index is -0.908. The van der Waals surface area contributed by atoms with Crippen molar-refractivity contribution in [3.8, 4) is 0 Å². The van der Waals surface area contributed by atoms with E-state index >= 15 is 0 Å². The fourth-order valence-electron chi connectivity index (χ4n) is 3.24. The maximum atomic E-state index is 11.4.